The average molecular weight is 429 g/mol. The number of imidazole rings is 1. The predicted molar refractivity (Wildman–Crippen MR) is 99.2 cm³/mol. The number of aromatic nitrogens is 2. The SMILES string of the molecule is CS(=O)(=O)N(CC(=O)NCCCn1ccnc1)Cc1ccc(Br)cc1. The van der Waals surface area contributed by atoms with Crippen LogP contribution in [0.25, 0.3) is 0 Å². The van der Waals surface area contributed by atoms with Crippen LogP contribution in [0.4, 0.5) is 0 Å². The number of hydrogen-bond acceptors (Lipinski definition) is 4. The van der Waals surface area contributed by atoms with Gasteiger partial charge >= 0.3 is 0 Å². The van der Waals surface area contributed by atoms with Crippen molar-refractivity contribution in [2.75, 3.05) is 19.3 Å². The monoisotopic (exact) mass is 428 g/mol. The van der Waals surface area contributed by atoms with E-state index >= 15 is 0 Å². The van der Waals surface area contributed by atoms with Gasteiger partial charge in [0.15, 0.2) is 0 Å². The van der Waals surface area contributed by atoms with E-state index in [9.17, 15) is 13.2 Å². The second-order valence-corrected chi connectivity index (χ2v) is 8.56. The van der Waals surface area contributed by atoms with E-state index < -0.39 is 10.0 Å². The molecule has 0 aliphatic carbocycles. The van der Waals surface area contributed by atoms with Crippen molar-refractivity contribution in [2.45, 2.75) is 19.5 Å². The Morgan fingerprint density at radius 3 is 2.64 bits per heavy atom. The van der Waals surface area contributed by atoms with E-state index in [4.69, 9.17) is 0 Å². The van der Waals surface area contributed by atoms with Crippen LogP contribution in [0.2, 0.25) is 0 Å². The molecule has 0 atom stereocenters. The minimum Gasteiger partial charge on any atom is -0.355 e. The maximum atomic E-state index is 12.1. The molecule has 136 valence electrons. The fourth-order valence-electron chi connectivity index (χ4n) is 2.21. The highest BCUT2D eigenvalue weighted by Crippen LogP contribution is 2.13. The summed E-state index contributed by atoms with van der Waals surface area (Å²) in [6, 6.07) is 7.33. The zero-order chi connectivity index (χ0) is 18.3. The maximum absolute atomic E-state index is 12.1. The second-order valence-electron chi connectivity index (χ2n) is 5.66. The quantitative estimate of drug-likeness (QED) is 0.614. The Morgan fingerprint density at radius 1 is 1.32 bits per heavy atom. The van der Waals surface area contributed by atoms with Gasteiger partial charge in [-0.05, 0) is 24.1 Å². The van der Waals surface area contributed by atoms with E-state index in [1.807, 2.05) is 35.0 Å². The molecule has 0 aliphatic rings. The van der Waals surface area contributed by atoms with Crippen molar-refractivity contribution in [1.82, 2.24) is 19.2 Å². The third-order valence-electron chi connectivity index (χ3n) is 3.54. The van der Waals surface area contributed by atoms with Gasteiger partial charge in [-0.3, -0.25) is 4.79 Å². The summed E-state index contributed by atoms with van der Waals surface area (Å²) in [5.41, 5.74) is 0.821. The van der Waals surface area contributed by atoms with Crippen LogP contribution in [0, 0.1) is 0 Å². The van der Waals surface area contributed by atoms with Crippen molar-refractivity contribution in [3.63, 3.8) is 0 Å². The lowest BCUT2D eigenvalue weighted by Crippen LogP contribution is -2.40. The molecule has 2 rings (SSSR count). The molecule has 25 heavy (non-hydrogen) atoms. The normalized spacial score (nSPS) is 11.6. The van der Waals surface area contributed by atoms with Crippen LogP contribution in [-0.4, -0.2) is 47.5 Å². The fraction of sp³-hybridized carbons (Fsp3) is 0.375. The molecule has 1 amide bonds. The lowest BCUT2D eigenvalue weighted by molar-refractivity contribution is -0.121. The first-order valence-corrected chi connectivity index (χ1v) is 10.4. The van der Waals surface area contributed by atoms with E-state index in [1.54, 1.807) is 12.5 Å². The Labute approximate surface area is 156 Å². The van der Waals surface area contributed by atoms with Crippen LogP contribution in [0.3, 0.4) is 0 Å². The number of hydrogen-bond donors (Lipinski definition) is 1. The first kappa shape index (κ1) is 19.6. The Bertz CT molecular complexity index is 776. The number of sulfonamides is 1. The molecule has 1 aromatic heterocycles. The molecule has 1 N–H and O–H groups in total. The predicted octanol–water partition coefficient (Wildman–Crippen LogP) is 1.61. The standard InChI is InChI=1S/C16H21BrN4O3S/c1-25(23,24)21(11-14-3-5-15(17)6-4-14)12-16(22)19-7-2-9-20-10-8-18-13-20/h3-6,8,10,13H,2,7,9,11-12H2,1H3,(H,19,22). The minimum absolute atomic E-state index is 0.161. The van der Waals surface area contributed by atoms with Crippen LogP contribution in [0.1, 0.15) is 12.0 Å². The molecule has 0 saturated heterocycles. The maximum Gasteiger partial charge on any atom is 0.235 e. The smallest absolute Gasteiger partial charge is 0.235 e. The topological polar surface area (TPSA) is 84.3 Å². The van der Waals surface area contributed by atoms with Crippen LogP contribution >= 0.6 is 15.9 Å². The molecule has 0 saturated carbocycles. The molecular formula is C16H21BrN4O3S. The fourth-order valence-corrected chi connectivity index (χ4v) is 3.21. The van der Waals surface area contributed by atoms with Crippen molar-refractivity contribution in [3.8, 4) is 0 Å². The summed E-state index contributed by atoms with van der Waals surface area (Å²) in [5.74, 6) is -0.312. The summed E-state index contributed by atoms with van der Waals surface area (Å²) in [7, 11) is -3.49. The highest BCUT2D eigenvalue weighted by Gasteiger charge is 2.20. The molecule has 1 heterocycles. The third-order valence-corrected chi connectivity index (χ3v) is 5.26. The first-order valence-electron chi connectivity index (χ1n) is 7.76. The molecule has 0 unspecified atom stereocenters. The molecular weight excluding hydrogens is 408 g/mol. The van der Waals surface area contributed by atoms with Gasteiger partial charge in [-0.15, -0.1) is 0 Å². The van der Waals surface area contributed by atoms with Gasteiger partial charge in [-0.2, -0.15) is 4.31 Å². The zero-order valence-corrected chi connectivity index (χ0v) is 16.3. The highest BCUT2D eigenvalue weighted by molar-refractivity contribution is 9.10. The Morgan fingerprint density at radius 2 is 2.04 bits per heavy atom. The summed E-state index contributed by atoms with van der Waals surface area (Å²) < 4.78 is 27.9. The summed E-state index contributed by atoms with van der Waals surface area (Å²) in [4.78, 5) is 16.0. The minimum atomic E-state index is -3.49. The third kappa shape index (κ3) is 6.97. The highest BCUT2D eigenvalue weighted by atomic mass is 79.9. The molecule has 0 fully saturated rings. The van der Waals surface area contributed by atoms with Gasteiger partial charge in [-0.25, -0.2) is 13.4 Å². The van der Waals surface area contributed by atoms with Crippen molar-refractivity contribution in [2.24, 2.45) is 0 Å². The zero-order valence-electron chi connectivity index (χ0n) is 13.9. The van der Waals surface area contributed by atoms with E-state index in [0.717, 1.165) is 29.3 Å². The van der Waals surface area contributed by atoms with Gasteiger partial charge in [0, 0.05) is 36.5 Å². The van der Waals surface area contributed by atoms with Crippen LogP contribution in [0.15, 0.2) is 47.5 Å². The van der Waals surface area contributed by atoms with Crippen molar-refractivity contribution in [3.05, 3.63) is 53.0 Å². The van der Waals surface area contributed by atoms with Gasteiger partial charge in [0.1, 0.15) is 0 Å². The Balaban J connectivity index is 1.83. The van der Waals surface area contributed by atoms with Crippen LogP contribution in [0.5, 0.6) is 0 Å². The van der Waals surface area contributed by atoms with Gasteiger partial charge in [0.05, 0.1) is 19.1 Å². The number of carbonyl (C=O) groups is 1. The first-order chi connectivity index (χ1) is 11.8. The number of amides is 1. The molecule has 0 radical (unpaired) electrons. The summed E-state index contributed by atoms with van der Waals surface area (Å²) in [6.45, 7) is 1.19. The molecule has 2 aromatic rings. The number of halogens is 1. The Kier molecular flexibility index (Phi) is 7.15. The summed E-state index contributed by atoms with van der Waals surface area (Å²) in [5, 5.41) is 2.76. The van der Waals surface area contributed by atoms with Crippen LogP contribution in [-0.2, 0) is 27.9 Å². The summed E-state index contributed by atoms with van der Waals surface area (Å²) in [6.07, 6.45) is 7.12. The lowest BCUT2D eigenvalue weighted by Gasteiger charge is -2.19. The van der Waals surface area contributed by atoms with Crippen molar-refractivity contribution in [1.29, 1.82) is 0 Å². The van der Waals surface area contributed by atoms with Gasteiger partial charge < -0.3 is 9.88 Å². The number of nitrogens with one attached hydrogen (secondary N) is 1. The number of benzene rings is 1. The Hall–Kier alpha value is -1.71. The van der Waals surface area contributed by atoms with E-state index in [2.05, 4.69) is 26.2 Å². The molecule has 1 aromatic carbocycles. The molecule has 0 spiro atoms. The van der Waals surface area contributed by atoms with Gasteiger partial charge in [-0.1, -0.05) is 28.1 Å². The average Bonchev–Trinajstić information content (AvgIpc) is 3.05. The van der Waals surface area contributed by atoms with Crippen LogP contribution < -0.4 is 5.32 Å². The lowest BCUT2D eigenvalue weighted by atomic mass is 10.2. The summed E-state index contributed by atoms with van der Waals surface area (Å²) >= 11 is 3.34. The van der Waals surface area contributed by atoms with E-state index in [1.165, 1.54) is 4.31 Å². The molecule has 0 aliphatic heterocycles. The van der Waals surface area contributed by atoms with Gasteiger partial charge in [0.25, 0.3) is 0 Å². The number of carbonyl (C=O) groups excluding carboxylic acids is 1. The number of rotatable bonds is 9. The molecule has 7 nitrogen and oxygen atoms in total. The van der Waals surface area contributed by atoms with Gasteiger partial charge in [0.2, 0.25) is 15.9 Å². The van der Waals surface area contributed by atoms with Crippen molar-refractivity contribution < 1.29 is 13.2 Å². The molecule has 0 bridgehead atoms. The van der Waals surface area contributed by atoms with Crippen molar-refractivity contribution >= 4 is 31.9 Å². The molecule has 9 heteroatoms. The second kappa shape index (κ2) is 9.12. The van der Waals surface area contributed by atoms with E-state index in [-0.39, 0.29) is 19.0 Å². The number of nitrogens with zero attached hydrogens (tertiary/aromatic N) is 3. The van der Waals surface area contributed by atoms with E-state index in [0.29, 0.717) is 6.54 Å². The largest absolute Gasteiger partial charge is 0.355 e. The number of aryl methyl sites for hydroxylation is 1.